The van der Waals surface area contributed by atoms with E-state index in [9.17, 15) is 14.9 Å². The molecule has 0 unspecified atom stereocenters. The summed E-state index contributed by atoms with van der Waals surface area (Å²) in [5.74, 6) is -0.288. The van der Waals surface area contributed by atoms with Crippen LogP contribution < -0.4 is 5.32 Å². The van der Waals surface area contributed by atoms with E-state index >= 15 is 0 Å². The van der Waals surface area contributed by atoms with Crippen LogP contribution in [0.2, 0.25) is 0 Å². The molecule has 0 spiro atoms. The van der Waals surface area contributed by atoms with Gasteiger partial charge in [0.2, 0.25) is 0 Å². The third-order valence-electron chi connectivity index (χ3n) is 1.87. The predicted octanol–water partition coefficient (Wildman–Crippen LogP) is 1.65. The number of non-ortho nitro benzene ring substituents is 1. The monoisotopic (exact) mass is 208 g/mol. The molecule has 1 aromatic rings. The van der Waals surface area contributed by atoms with Crippen molar-refractivity contribution in [3.8, 4) is 0 Å². The molecule has 0 aliphatic heterocycles. The van der Waals surface area contributed by atoms with E-state index in [0.29, 0.717) is 17.7 Å². The van der Waals surface area contributed by atoms with Gasteiger partial charge in [-0.25, -0.2) is 0 Å². The Bertz CT molecular complexity index is 402. The number of rotatable bonds is 3. The molecular weight excluding hydrogens is 196 g/mol. The molecule has 0 saturated carbocycles. The van der Waals surface area contributed by atoms with Crippen LogP contribution in [0.25, 0.3) is 0 Å². The van der Waals surface area contributed by atoms with Crippen LogP contribution in [0.3, 0.4) is 0 Å². The van der Waals surface area contributed by atoms with Gasteiger partial charge >= 0.3 is 0 Å². The van der Waals surface area contributed by atoms with Crippen LogP contribution in [-0.2, 0) is 0 Å². The Hall–Kier alpha value is -1.91. The Kier molecular flexibility index (Phi) is 3.38. The number of nitrogens with zero attached hydrogens (tertiary/aromatic N) is 1. The molecule has 0 fully saturated rings. The highest BCUT2D eigenvalue weighted by atomic mass is 16.6. The molecule has 1 aromatic carbocycles. The molecule has 1 rings (SSSR count). The van der Waals surface area contributed by atoms with E-state index < -0.39 is 4.92 Å². The average molecular weight is 208 g/mol. The molecular formula is C10H12N2O3. The number of carbonyl (C=O) groups is 1. The molecule has 5 heteroatoms. The van der Waals surface area contributed by atoms with Gasteiger partial charge in [0, 0.05) is 24.2 Å². The number of aryl methyl sites for hydroxylation is 1. The minimum Gasteiger partial charge on any atom is -0.352 e. The van der Waals surface area contributed by atoms with Crippen molar-refractivity contribution in [2.24, 2.45) is 0 Å². The van der Waals surface area contributed by atoms with Crippen molar-refractivity contribution in [1.82, 2.24) is 5.32 Å². The van der Waals surface area contributed by atoms with E-state index in [-0.39, 0.29) is 11.6 Å². The van der Waals surface area contributed by atoms with Crippen LogP contribution in [0.5, 0.6) is 0 Å². The number of hydrogen-bond acceptors (Lipinski definition) is 3. The lowest BCUT2D eigenvalue weighted by Gasteiger charge is -2.03. The van der Waals surface area contributed by atoms with Crippen molar-refractivity contribution in [3.63, 3.8) is 0 Å². The first-order valence-electron chi connectivity index (χ1n) is 4.59. The third-order valence-corrected chi connectivity index (χ3v) is 1.87. The molecule has 0 atom stereocenters. The maximum Gasteiger partial charge on any atom is 0.270 e. The molecule has 0 saturated heterocycles. The third kappa shape index (κ3) is 2.77. The summed E-state index contributed by atoms with van der Waals surface area (Å²) in [7, 11) is 0. The summed E-state index contributed by atoms with van der Waals surface area (Å²) in [5.41, 5.74) is 0.963. The van der Waals surface area contributed by atoms with Gasteiger partial charge in [-0.15, -0.1) is 0 Å². The average Bonchev–Trinajstić information content (AvgIpc) is 2.17. The standard InChI is InChI=1S/C10H12N2O3/c1-3-11-10(13)8-4-7(2)5-9(6-8)12(14)15/h4-6H,3H2,1-2H3,(H,11,13). The zero-order valence-corrected chi connectivity index (χ0v) is 8.61. The number of hydrogen-bond donors (Lipinski definition) is 1. The number of carbonyl (C=O) groups excluding carboxylic acids is 1. The van der Waals surface area contributed by atoms with Gasteiger partial charge in [0.1, 0.15) is 0 Å². The molecule has 5 nitrogen and oxygen atoms in total. The van der Waals surface area contributed by atoms with E-state index in [0.717, 1.165) is 0 Å². The number of amides is 1. The van der Waals surface area contributed by atoms with Gasteiger partial charge < -0.3 is 5.32 Å². The molecule has 0 bridgehead atoms. The van der Waals surface area contributed by atoms with Gasteiger partial charge in [0.25, 0.3) is 11.6 Å². The fraction of sp³-hybridized carbons (Fsp3) is 0.300. The number of nitro groups is 1. The Balaban J connectivity index is 3.09. The van der Waals surface area contributed by atoms with Gasteiger partial charge in [-0.1, -0.05) is 0 Å². The molecule has 80 valence electrons. The molecule has 1 N–H and O–H groups in total. The summed E-state index contributed by atoms with van der Waals surface area (Å²) in [6.07, 6.45) is 0. The molecule has 1 amide bonds. The van der Waals surface area contributed by atoms with Crippen LogP contribution >= 0.6 is 0 Å². The van der Waals surface area contributed by atoms with E-state index in [1.165, 1.54) is 12.1 Å². The first-order valence-corrected chi connectivity index (χ1v) is 4.59. The van der Waals surface area contributed by atoms with Gasteiger partial charge in [-0.2, -0.15) is 0 Å². The molecule has 0 aromatic heterocycles. The van der Waals surface area contributed by atoms with E-state index in [2.05, 4.69) is 5.32 Å². The first kappa shape index (κ1) is 11.2. The Morgan fingerprint density at radius 2 is 2.13 bits per heavy atom. The van der Waals surface area contributed by atoms with E-state index in [1.807, 2.05) is 0 Å². The summed E-state index contributed by atoms with van der Waals surface area (Å²) in [6.45, 7) is 4.01. The fourth-order valence-corrected chi connectivity index (χ4v) is 1.26. The highest BCUT2D eigenvalue weighted by Crippen LogP contribution is 2.16. The fourth-order valence-electron chi connectivity index (χ4n) is 1.26. The Labute approximate surface area is 87.3 Å². The summed E-state index contributed by atoms with van der Waals surface area (Å²) >= 11 is 0. The Morgan fingerprint density at radius 1 is 1.47 bits per heavy atom. The van der Waals surface area contributed by atoms with Gasteiger partial charge in [-0.3, -0.25) is 14.9 Å². The number of nitro benzene ring substituents is 1. The smallest absolute Gasteiger partial charge is 0.270 e. The zero-order valence-electron chi connectivity index (χ0n) is 8.61. The summed E-state index contributed by atoms with van der Waals surface area (Å²) < 4.78 is 0. The molecule has 0 heterocycles. The second-order valence-electron chi connectivity index (χ2n) is 3.17. The van der Waals surface area contributed by atoms with Gasteiger partial charge in [-0.05, 0) is 25.5 Å². The van der Waals surface area contributed by atoms with Gasteiger partial charge in [0.05, 0.1) is 4.92 Å². The van der Waals surface area contributed by atoms with Crippen molar-refractivity contribution in [2.45, 2.75) is 13.8 Å². The lowest BCUT2D eigenvalue weighted by Crippen LogP contribution is -2.22. The topological polar surface area (TPSA) is 72.2 Å². The normalized spacial score (nSPS) is 9.73. The lowest BCUT2D eigenvalue weighted by atomic mass is 10.1. The van der Waals surface area contributed by atoms with Gasteiger partial charge in [0.15, 0.2) is 0 Å². The van der Waals surface area contributed by atoms with Crippen LogP contribution in [0.15, 0.2) is 18.2 Å². The minimum absolute atomic E-state index is 0.0590. The summed E-state index contributed by atoms with van der Waals surface area (Å²) in [6, 6.07) is 4.33. The van der Waals surface area contributed by atoms with Crippen molar-refractivity contribution >= 4 is 11.6 Å². The van der Waals surface area contributed by atoms with Crippen molar-refractivity contribution < 1.29 is 9.72 Å². The highest BCUT2D eigenvalue weighted by molar-refractivity contribution is 5.95. The maximum absolute atomic E-state index is 11.4. The lowest BCUT2D eigenvalue weighted by molar-refractivity contribution is -0.384. The van der Waals surface area contributed by atoms with Crippen molar-refractivity contribution in [3.05, 3.63) is 39.4 Å². The van der Waals surface area contributed by atoms with Crippen LogP contribution in [0, 0.1) is 17.0 Å². The largest absolute Gasteiger partial charge is 0.352 e. The first-order chi connectivity index (χ1) is 7.04. The van der Waals surface area contributed by atoms with Crippen molar-refractivity contribution in [1.29, 1.82) is 0 Å². The van der Waals surface area contributed by atoms with E-state index in [4.69, 9.17) is 0 Å². The Morgan fingerprint density at radius 3 is 2.67 bits per heavy atom. The SMILES string of the molecule is CCNC(=O)c1cc(C)cc([N+](=O)[O-])c1. The van der Waals surface area contributed by atoms with E-state index in [1.54, 1.807) is 19.9 Å². The predicted molar refractivity (Wildman–Crippen MR) is 55.8 cm³/mol. The van der Waals surface area contributed by atoms with Crippen LogP contribution in [0.1, 0.15) is 22.8 Å². The number of benzene rings is 1. The van der Waals surface area contributed by atoms with Crippen LogP contribution in [0.4, 0.5) is 5.69 Å². The van der Waals surface area contributed by atoms with Crippen LogP contribution in [-0.4, -0.2) is 17.4 Å². The number of nitrogens with one attached hydrogen (secondary N) is 1. The minimum atomic E-state index is -0.504. The second kappa shape index (κ2) is 4.54. The van der Waals surface area contributed by atoms with Crippen molar-refractivity contribution in [2.75, 3.05) is 6.54 Å². The molecule has 0 aliphatic carbocycles. The zero-order chi connectivity index (χ0) is 11.4. The summed E-state index contributed by atoms with van der Waals surface area (Å²) in [5, 5.41) is 13.2. The molecule has 15 heavy (non-hydrogen) atoms. The molecule has 0 aliphatic rings. The quantitative estimate of drug-likeness (QED) is 0.606. The maximum atomic E-state index is 11.4. The summed E-state index contributed by atoms with van der Waals surface area (Å²) in [4.78, 5) is 21.5. The second-order valence-corrected chi connectivity index (χ2v) is 3.17. The highest BCUT2D eigenvalue weighted by Gasteiger charge is 2.12. The molecule has 0 radical (unpaired) electrons.